The number of benzene rings is 1. The number of ketones is 1. The zero-order valence-corrected chi connectivity index (χ0v) is 21.1. The van der Waals surface area contributed by atoms with Gasteiger partial charge >= 0.3 is 6.18 Å². The number of Topliss-reactive ketones (excluding diaryl/α,β-unsaturated/α-hetero) is 1. The number of rotatable bonds is 9. The van der Waals surface area contributed by atoms with Crippen LogP contribution in [0.25, 0.3) is 22.2 Å². The smallest absolute Gasteiger partial charge is 0.433 e. The molecule has 0 aliphatic carbocycles. The highest BCUT2D eigenvalue weighted by Gasteiger charge is 2.33. The molecule has 200 valence electrons. The fourth-order valence-corrected chi connectivity index (χ4v) is 5.27. The Bertz CT molecular complexity index is 1570. The fraction of sp³-hybridized carbons (Fsp3) is 0.280. The van der Waals surface area contributed by atoms with Crippen molar-refractivity contribution in [2.45, 2.75) is 44.0 Å². The summed E-state index contributed by atoms with van der Waals surface area (Å²) in [5, 5.41) is -0.119. The molecule has 13 heteroatoms. The minimum Gasteiger partial charge on any atom is -0.443 e. The maximum absolute atomic E-state index is 13.5. The molecule has 0 atom stereocenters. The molecule has 0 spiro atoms. The summed E-state index contributed by atoms with van der Waals surface area (Å²) in [5.41, 5.74) is 0.289. The first kappa shape index (κ1) is 27.3. The molecule has 0 aliphatic rings. The van der Waals surface area contributed by atoms with Crippen molar-refractivity contribution in [1.29, 1.82) is 0 Å². The number of carbonyl (C=O) groups is 1. The molecule has 4 aromatic rings. The van der Waals surface area contributed by atoms with E-state index in [2.05, 4.69) is 15.0 Å². The van der Waals surface area contributed by atoms with Crippen LogP contribution in [0.15, 0.2) is 64.5 Å². The Labute approximate surface area is 215 Å². The van der Waals surface area contributed by atoms with Crippen LogP contribution in [-0.2, 0) is 27.4 Å². The van der Waals surface area contributed by atoms with E-state index >= 15 is 0 Å². The summed E-state index contributed by atoms with van der Waals surface area (Å²) in [7, 11) is -4.20. The molecule has 0 bridgehead atoms. The molecule has 0 radical (unpaired) electrons. The van der Waals surface area contributed by atoms with E-state index in [0.717, 1.165) is 28.7 Å². The van der Waals surface area contributed by atoms with Crippen molar-refractivity contribution in [3.63, 3.8) is 0 Å². The van der Waals surface area contributed by atoms with E-state index in [-0.39, 0.29) is 29.6 Å². The Balaban J connectivity index is 1.45. The lowest BCUT2D eigenvalue weighted by atomic mass is 10.1. The van der Waals surface area contributed by atoms with Gasteiger partial charge in [-0.3, -0.25) is 9.78 Å². The number of nitrogens with zero attached hydrogens (tertiary/aromatic N) is 4. The molecule has 0 N–H and O–H groups in total. The number of sulfonamides is 1. The van der Waals surface area contributed by atoms with Crippen molar-refractivity contribution in [2.75, 3.05) is 6.54 Å². The number of fused-ring (bicyclic) bond motifs is 1. The van der Waals surface area contributed by atoms with Crippen LogP contribution in [0.4, 0.5) is 17.6 Å². The number of pyridine rings is 1. The molecule has 0 saturated carbocycles. The SMILES string of the molecule is CC(C)N(CC(=O)CCc1cc(-c2ccc(C(F)(F)F)nc2)ncn1)S(=O)(=O)c1cc2cc(F)ccc2o1. The van der Waals surface area contributed by atoms with E-state index < -0.39 is 45.4 Å². The number of halogens is 4. The number of hydrogen-bond donors (Lipinski definition) is 0. The van der Waals surface area contributed by atoms with Gasteiger partial charge in [-0.2, -0.15) is 17.5 Å². The summed E-state index contributed by atoms with van der Waals surface area (Å²) in [6.07, 6.45) is -2.18. The summed E-state index contributed by atoms with van der Waals surface area (Å²) in [4.78, 5) is 24.3. The van der Waals surface area contributed by atoms with Crippen LogP contribution < -0.4 is 0 Å². The van der Waals surface area contributed by atoms with Gasteiger partial charge in [0.2, 0.25) is 5.09 Å². The van der Waals surface area contributed by atoms with Crippen LogP contribution in [-0.4, -0.2) is 46.0 Å². The topological polar surface area (TPSA) is 106 Å². The van der Waals surface area contributed by atoms with Crippen LogP contribution in [0.2, 0.25) is 0 Å². The van der Waals surface area contributed by atoms with Gasteiger partial charge < -0.3 is 4.42 Å². The van der Waals surface area contributed by atoms with Crippen molar-refractivity contribution in [2.24, 2.45) is 0 Å². The van der Waals surface area contributed by atoms with Crippen molar-refractivity contribution in [1.82, 2.24) is 19.3 Å². The monoisotopic (exact) mass is 550 g/mol. The average Bonchev–Trinajstić information content (AvgIpc) is 3.30. The lowest BCUT2D eigenvalue weighted by Gasteiger charge is -2.23. The Hall–Kier alpha value is -3.71. The normalized spacial score (nSPS) is 12.5. The summed E-state index contributed by atoms with van der Waals surface area (Å²) < 4.78 is 84.6. The number of hydrogen-bond acceptors (Lipinski definition) is 7. The second-order valence-corrected chi connectivity index (χ2v) is 10.6. The standard InChI is InChI=1S/C25H22F4N4O4S/c1-15(2)33(38(35,36)24-10-17-9-18(26)4-7-22(17)37-24)13-20(34)6-5-19-11-21(32-14-31-19)16-3-8-23(30-12-16)25(27,28)29/h3-4,7-12,14-15H,5-6,13H2,1-2H3. The van der Waals surface area contributed by atoms with Gasteiger partial charge in [-0.15, -0.1) is 0 Å². The van der Waals surface area contributed by atoms with Gasteiger partial charge in [0, 0.05) is 41.4 Å². The molecule has 38 heavy (non-hydrogen) atoms. The van der Waals surface area contributed by atoms with Crippen LogP contribution in [0.1, 0.15) is 31.7 Å². The minimum atomic E-state index is -4.56. The van der Waals surface area contributed by atoms with Crippen LogP contribution in [0, 0.1) is 5.82 Å². The van der Waals surface area contributed by atoms with Gasteiger partial charge in [-0.05, 0) is 56.7 Å². The first-order chi connectivity index (χ1) is 17.8. The number of aryl methyl sites for hydroxylation is 1. The molecule has 8 nitrogen and oxygen atoms in total. The second-order valence-electron chi connectivity index (χ2n) is 8.75. The third-order valence-electron chi connectivity index (χ3n) is 5.66. The predicted molar refractivity (Wildman–Crippen MR) is 129 cm³/mol. The van der Waals surface area contributed by atoms with Crippen LogP contribution >= 0.6 is 0 Å². The molecule has 4 rings (SSSR count). The first-order valence-electron chi connectivity index (χ1n) is 11.4. The largest absolute Gasteiger partial charge is 0.443 e. The molecular formula is C25H22F4N4O4S. The Morgan fingerprint density at radius 2 is 1.82 bits per heavy atom. The van der Waals surface area contributed by atoms with Crippen LogP contribution in [0.5, 0.6) is 0 Å². The Morgan fingerprint density at radius 1 is 1.05 bits per heavy atom. The van der Waals surface area contributed by atoms with Crippen molar-refractivity contribution < 1.29 is 35.2 Å². The van der Waals surface area contributed by atoms with Gasteiger partial charge in [-0.1, -0.05) is 0 Å². The molecule has 0 saturated heterocycles. The molecule has 3 aromatic heterocycles. The number of furan rings is 1. The maximum atomic E-state index is 13.5. The average molecular weight is 551 g/mol. The Morgan fingerprint density at radius 3 is 2.47 bits per heavy atom. The molecule has 1 aromatic carbocycles. The summed E-state index contributed by atoms with van der Waals surface area (Å²) >= 11 is 0. The highest BCUT2D eigenvalue weighted by molar-refractivity contribution is 7.89. The predicted octanol–water partition coefficient (Wildman–Crippen LogP) is 5.04. The Kier molecular flexibility index (Phi) is 7.61. The summed E-state index contributed by atoms with van der Waals surface area (Å²) in [6, 6.07) is 7.88. The first-order valence-corrected chi connectivity index (χ1v) is 12.9. The van der Waals surface area contributed by atoms with Crippen LogP contribution in [0.3, 0.4) is 0 Å². The lowest BCUT2D eigenvalue weighted by molar-refractivity contribution is -0.141. The highest BCUT2D eigenvalue weighted by Crippen LogP contribution is 2.29. The van der Waals surface area contributed by atoms with E-state index in [1.165, 1.54) is 30.6 Å². The zero-order valence-electron chi connectivity index (χ0n) is 20.2. The van der Waals surface area contributed by atoms with E-state index in [1.807, 2.05) is 0 Å². The van der Waals surface area contributed by atoms with E-state index in [4.69, 9.17) is 4.42 Å². The van der Waals surface area contributed by atoms with Gasteiger partial charge in [0.25, 0.3) is 10.0 Å². The quantitative estimate of drug-likeness (QED) is 0.269. The number of alkyl halides is 3. The maximum Gasteiger partial charge on any atom is 0.433 e. The molecule has 0 unspecified atom stereocenters. The highest BCUT2D eigenvalue weighted by atomic mass is 32.2. The van der Waals surface area contributed by atoms with Gasteiger partial charge in [0.05, 0.1) is 12.2 Å². The molecule has 0 aliphatic heterocycles. The second kappa shape index (κ2) is 10.6. The van der Waals surface area contributed by atoms with Gasteiger partial charge in [0.1, 0.15) is 29.2 Å². The van der Waals surface area contributed by atoms with E-state index in [1.54, 1.807) is 13.8 Å². The molecule has 0 fully saturated rings. The van der Waals surface area contributed by atoms with Gasteiger partial charge in [0.15, 0.2) is 0 Å². The summed E-state index contributed by atoms with van der Waals surface area (Å²) in [6.45, 7) is 2.80. The summed E-state index contributed by atoms with van der Waals surface area (Å²) in [5.74, 6) is -0.929. The lowest BCUT2D eigenvalue weighted by Crippen LogP contribution is -2.40. The van der Waals surface area contributed by atoms with Crippen molar-refractivity contribution in [3.05, 3.63) is 72.2 Å². The van der Waals surface area contributed by atoms with E-state index in [0.29, 0.717) is 17.0 Å². The van der Waals surface area contributed by atoms with E-state index in [9.17, 15) is 30.8 Å². The number of carbonyl (C=O) groups excluding carboxylic acids is 1. The number of aromatic nitrogens is 3. The molecule has 0 amide bonds. The van der Waals surface area contributed by atoms with Crippen molar-refractivity contribution in [3.8, 4) is 11.3 Å². The minimum absolute atomic E-state index is 0.0498. The third kappa shape index (κ3) is 6.05. The molecular weight excluding hydrogens is 528 g/mol. The zero-order chi connectivity index (χ0) is 27.7. The fourth-order valence-electron chi connectivity index (χ4n) is 3.70. The molecule has 3 heterocycles. The van der Waals surface area contributed by atoms with Gasteiger partial charge in [-0.25, -0.2) is 22.8 Å². The third-order valence-corrected chi connectivity index (χ3v) is 7.54. The van der Waals surface area contributed by atoms with Crippen molar-refractivity contribution >= 4 is 26.8 Å².